The molecule has 0 aliphatic heterocycles. The molecule has 0 saturated carbocycles. The van der Waals surface area contributed by atoms with Crippen molar-refractivity contribution in [3.63, 3.8) is 0 Å². The van der Waals surface area contributed by atoms with Gasteiger partial charge in [-0.1, -0.05) is 134 Å². The maximum absolute atomic E-state index is 6.16. The number of rotatable bonds is 24. The summed E-state index contributed by atoms with van der Waals surface area (Å²) in [6.45, 7) is 6.06. The zero-order valence-electron chi connectivity index (χ0n) is 22.8. The van der Waals surface area contributed by atoms with E-state index in [4.69, 9.17) is 9.47 Å². The Hall–Kier alpha value is -1.36. The second-order valence-electron chi connectivity index (χ2n) is 10.1. The molecule has 0 aliphatic rings. The highest BCUT2D eigenvalue weighted by Gasteiger charge is 2.11. The van der Waals surface area contributed by atoms with Crippen LogP contribution >= 0.6 is 11.5 Å². The minimum absolute atomic E-state index is 0.744. The zero-order valence-corrected chi connectivity index (χ0v) is 23.6. The SMILES string of the molecule is CCCCCCCCCCCCOc1cc2nnsc2cc1OCCCCCCCCCCCC. The summed E-state index contributed by atoms with van der Waals surface area (Å²) in [6, 6.07) is 4.06. The molecule has 0 fully saturated rings. The Bertz CT molecular complexity index is 689. The molecule has 0 spiro atoms. The Morgan fingerprint density at radius 3 is 1.40 bits per heavy atom. The minimum atomic E-state index is 0.744. The largest absolute Gasteiger partial charge is 0.490 e. The summed E-state index contributed by atoms with van der Waals surface area (Å²) >= 11 is 1.42. The molecule has 200 valence electrons. The first-order chi connectivity index (χ1) is 17.3. The molecule has 0 amide bonds. The van der Waals surface area contributed by atoms with Crippen molar-refractivity contribution < 1.29 is 9.47 Å². The van der Waals surface area contributed by atoms with Crippen LogP contribution in [0.1, 0.15) is 142 Å². The zero-order chi connectivity index (χ0) is 24.8. The fourth-order valence-electron chi connectivity index (χ4n) is 4.56. The van der Waals surface area contributed by atoms with E-state index in [2.05, 4.69) is 29.5 Å². The third-order valence-corrected chi connectivity index (χ3v) is 7.51. The fourth-order valence-corrected chi connectivity index (χ4v) is 5.13. The van der Waals surface area contributed by atoms with Crippen molar-refractivity contribution in [2.75, 3.05) is 13.2 Å². The number of aromatic nitrogens is 2. The molecular weight excluding hydrogens is 452 g/mol. The fraction of sp³-hybridized carbons (Fsp3) is 0.800. The number of unbranched alkanes of at least 4 members (excludes halogenated alkanes) is 18. The van der Waals surface area contributed by atoms with E-state index in [1.54, 1.807) is 0 Å². The maximum atomic E-state index is 6.16. The van der Waals surface area contributed by atoms with Crippen LogP contribution in [0.3, 0.4) is 0 Å². The van der Waals surface area contributed by atoms with Crippen LogP contribution in [0.4, 0.5) is 0 Å². The van der Waals surface area contributed by atoms with Crippen molar-refractivity contribution in [3.05, 3.63) is 12.1 Å². The molecule has 0 unspecified atom stereocenters. The summed E-state index contributed by atoms with van der Waals surface area (Å²) in [5.41, 5.74) is 0.902. The van der Waals surface area contributed by atoms with Gasteiger partial charge in [0.1, 0.15) is 5.52 Å². The number of hydrogen-bond donors (Lipinski definition) is 0. The van der Waals surface area contributed by atoms with Crippen molar-refractivity contribution >= 4 is 21.7 Å². The highest BCUT2D eigenvalue weighted by atomic mass is 32.1. The van der Waals surface area contributed by atoms with Gasteiger partial charge in [-0.2, -0.15) is 0 Å². The van der Waals surface area contributed by atoms with E-state index in [1.807, 2.05) is 6.07 Å². The van der Waals surface area contributed by atoms with Crippen LogP contribution in [-0.4, -0.2) is 22.8 Å². The molecule has 0 saturated heterocycles. The van der Waals surface area contributed by atoms with Gasteiger partial charge in [-0.3, -0.25) is 0 Å². The Balaban J connectivity index is 1.58. The molecule has 1 aromatic carbocycles. The highest BCUT2D eigenvalue weighted by Crippen LogP contribution is 2.33. The normalized spacial score (nSPS) is 11.4. The molecule has 4 nitrogen and oxygen atoms in total. The van der Waals surface area contributed by atoms with Crippen LogP contribution in [0, 0.1) is 0 Å². The van der Waals surface area contributed by atoms with Gasteiger partial charge in [0.05, 0.1) is 17.9 Å². The molecule has 35 heavy (non-hydrogen) atoms. The van der Waals surface area contributed by atoms with E-state index < -0.39 is 0 Å². The van der Waals surface area contributed by atoms with Crippen LogP contribution in [0.5, 0.6) is 11.5 Å². The smallest absolute Gasteiger partial charge is 0.163 e. The van der Waals surface area contributed by atoms with Gasteiger partial charge < -0.3 is 9.47 Å². The molecule has 2 aromatic rings. The summed E-state index contributed by atoms with van der Waals surface area (Å²) in [4.78, 5) is 0. The molecule has 0 N–H and O–H groups in total. The molecule has 1 aromatic heterocycles. The first-order valence-corrected chi connectivity index (χ1v) is 15.6. The Labute approximate surface area is 219 Å². The average molecular weight is 505 g/mol. The van der Waals surface area contributed by atoms with Crippen molar-refractivity contribution in [2.45, 2.75) is 142 Å². The van der Waals surface area contributed by atoms with E-state index in [1.165, 1.54) is 127 Å². The third kappa shape index (κ3) is 14.1. The van der Waals surface area contributed by atoms with E-state index >= 15 is 0 Å². The van der Waals surface area contributed by atoms with E-state index in [0.717, 1.165) is 47.8 Å². The predicted octanol–water partition coefficient (Wildman–Crippen LogP) is 10.3. The number of nitrogens with zero attached hydrogens (tertiary/aromatic N) is 2. The molecule has 0 aliphatic carbocycles. The average Bonchev–Trinajstić information content (AvgIpc) is 3.33. The topological polar surface area (TPSA) is 44.2 Å². The van der Waals surface area contributed by atoms with Crippen LogP contribution in [0.25, 0.3) is 10.2 Å². The molecule has 2 rings (SSSR count). The maximum Gasteiger partial charge on any atom is 0.163 e. The number of ether oxygens (including phenoxy) is 2. The number of benzene rings is 1. The van der Waals surface area contributed by atoms with Gasteiger partial charge >= 0.3 is 0 Å². The summed E-state index contributed by atoms with van der Waals surface area (Å²) in [5, 5.41) is 4.22. The summed E-state index contributed by atoms with van der Waals surface area (Å²) in [7, 11) is 0. The van der Waals surface area contributed by atoms with Crippen molar-refractivity contribution in [3.8, 4) is 11.5 Å². The van der Waals surface area contributed by atoms with Gasteiger partial charge in [-0.15, -0.1) is 5.10 Å². The summed E-state index contributed by atoms with van der Waals surface area (Å²) < 4.78 is 17.5. The lowest BCUT2D eigenvalue weighted by Crippen LogP contribution is -2.03. The second-order valence-corrected chi connectivity index (χ2v) is 10.9. The van der Waals surface area contributed by atoms with Crippen molar-refractivity contribution in [2.24, 2.45) is 0 Å². The summed E-state index contributed by atoms with van der Waals surface area (Å²) in [6.07, 6.45) is 26.7. The summed E-state index contributed by atoms with van der Waals surface area (Å²) in [5.74, 6) is 1.68. The first kappa shape index (κ1) is 29.9. The van der Waals surface area contributed by atoms with Gasteiger partial charge in [-0.05, 0) is 24.4 Å². The molecule has 0 bridgehead atoms. The molecular formula is C30H52N2O2S. The number of hydrogen-bond acceptors (Lipinski definition) is 5. The Morgan fingerprint density at radius 2 is 0.943 bits per heavy atom. The standard InChI is InChI=1S/C30H52N2O2S/c1-3-5-7-9-11-13-15-17-19-21-23-33-28-25-27-30(35-32-31-27)26-29(28)34-24-22-20-18-16-14-12-10-8-6-4-2/h25-26H,3-24H2,1-2H3. The number of fused-ring (bicyclic) bond motifs is 1. The van der Waals surface area contributed by atoms with Gasteiger partial charge in [0.15, 0.2) is 11.5 Å². The Kier molecular flexibility index (Phi) is 17.7. The molecule has 5 heteroatoms. The van der Waals surface area contributed by atoms with Gasteiger partial charge in [0.2, 0.25) is 0 Å². The van der Waals surface area contributed by atoms with Gasteiger partial charge in [-0.25, -0.2) is 0 Å². The molecule has 1 heterocycles. The monoisotopic (exact) mass is 504 g/mol. The lowest BCUT2D eigenvalue weighted by molar-refractivity contribution is 0.259. The van der Waals surface area contributed by atoms with E-state index in [0.29, 0.717) is 0 Å². The predicted molar refractivity (Wildman–Crippen MR) is 152 cm³/mol. The Morgan fingerprint density at radius 1 is 0.543 bits per heavy atom. The highest BCUT2D eigenvalue weighted by molar-refractivity contribution is 7.12. The van der Waals surface area contributed by atoms with Crippen LogP contribution < -0.4 is 9.47 Å². The quantitative estimate of drug-likeness (QED) is 0.133. The minimum Gasteiger partial charge on any atom is -0.490 e. The molecule has 0 radical (unpaired) electrons. The molecule has 0 atom stereocenters. The van der Waals surface area contributed by atoms with Crippen LogP contribution in [0.15, 0.2) is 12.1 Å². The van der Waals surface area contributed by atoms with Crippen molar-refractivity contribution in [1.29, 1.82) is 0 Å². The van der Waals surface area contributed by atoms with Crippen LogP contribution in [-0.2, 0) is 0 Å². The third-order valence-electron chi connectivity index (χ3n) is 6.82. The van der Waals surface area contributed by atoms with Gasteiger partial charge in [0, 0.05) is 12.1 Å². The lowest BCUT2D eigenvalue weighted by atomic mass is 10.1. The van der Waals surface area contributed by atoms with Crippen molar-refractivity contribution in [1.82, 2.24) is 9.59 Å². The van der Waals surface area contributed by atoms with Gasteiger partial charge in [0.25, 0.3) is 0 Å². The first-order valence-electron chi connectivity index (χ1n) is 14.9. The second kappa shape index (κ2) is 20.8. The van der Waals surface area contributed by atoms with E-state index in [9.17, 15) is 0 Å². The van der Waals surface area contributed by atoms with Crippen LogP contribution in [0.2, 0.25) is 0 Å². The lowest BCUT2D eigenvalue weighted by Gasteiger charge is -2.13. The van der Waals surface area contributed by atoms with E-state index in [-0.39, 0.29) is 0 Å².